The molecular weight excluding hydrogens is 1300 g/mol. The van der Waals surface area contributed by atoms with Crippen LogP contribution in [0.25, 0.3) is 195 Å². The van der Waals surface area contributed by atoms with Crippen molar-refractivity contribution >= 4 is 173 Å². The van der Waals surface area contributed by atoms with E-state index in [1.165, 1.54) is 117 Å². The van der Waals surface area contributed by atoms with Gasteiger partial charge in [-0.2, -0.15) is 0 Å². The maximum Gasteiger partial charge on any atom is 0.161 e. The molecule has 21 aromatic rings. The van der Waals surface area contributed by atoms with E-state index in [-0.39, 0.29) is 0 Å². The van der Waals surface area contributed by atoms with Crippen LogP contribution in [0.2, 0.25) is 0 Å². The van der Waals surface area contributed by atoms with Gasteiger partial charge in [-0.15, -0.1) is 22.7 Å². The largest absolute Gasteiger partial charge is 0.309 e. The fourth-order valence-corrected chi connectivity index (χ4v) is 19.6. The van der Waals surface area contributed by atoms with Crippen LogP contribution in [0.3, 0.4) is 0 Å². The molecule has 480 valence electrons. The van der Waals surface area contributed by atoms with Crippen LogP contribution in [0.5, 0.6) is 0 Å². The van der Waals surface area contributed by atoms with Gasteiger partial charge in [0.25, 0.3) is 0 Å². The second-order valence-electron chi connectivity index (χ2n) is 27.5. The van der Waals surface area contributed by atoms with E-state index in [9.17, 15) is 0 Å². The Bertz CT molecular complexity index is 7350. The number of para-hydroxylation sites is 2. The monoisotopic (exact) mass is 1350 g/mol. The van der Waals surface area contributed by atoms with Gasteiger partial charge in [0.05, 0.1) is 45.2 Å². The van der Waals surface area contributed by atoms with Gasteiger partial charge < -0.3 is 9.80 Å². The second-order valence-corrected chi connectivity index (χ2v) is 29.6. The van der Waals surface area contributed by atoms with E-state index >= 15 is 0 Å². The van der Waals surface area contributed by atoms with Gasteiger partial charge in [-0.05, 0) is 121 Å². The van der Waals surface area contributed by atoms with Crippen LogP contribution in [-0.4, -0.2) is 19.9 Å². The molecule has 2 aliphatic heterocycles. The lowest BCUT2D eigenvalue weighted by Crippen LogP contribution is -2.16. The van der Waals surface area contributed by atoms with E-state index in [2.05, 4.69) is 337 Å². The highest BCUT2D eigenvalue weighted by molar-refractivity contribution is 7.26. The van der Waals surface area contributed by atoms with Gasteiger partial charge >= 0.3 is 0 Å². The molecule has 0 N–H and O–H groups in total. The third kappa shape index (κ3) is 8.49. The predicted octanol–water partition coefficient (Wildman–Crippen LogP) is 27.3. The summed E-state index contributed by atoms with van der Waals surface area (Å²) in [6, 6.07) is 120. The average Bonchev–Trinajstić information content (AvgIpc) is 0.882. The van der Waals surface area contributed by atoms with Crippen LogP contribution in [0.4, 0.5) is 34.1 Å². The number of benzene rings is 17. The van der Waals surface area contributed by atoms with Crippen molar-refractivity contribution in [2.75, 3.05) is 9.80 Å². The van der Waals surface area contributed by atoms with Gasteiger partial charge in [-0.25, -0.2) is 19.9 Å². The van der Waals surface area contributed by atoms with Crippen molar-refractivity contribution in [2.24, 2.45) is 0 Å². The molecule has 0 saturated carbocycles. The Morgan fingerprint density at radius 2 is 0.760 bits per heavy atom. The van der Waals surface area contributed by atoms with Gasteiger partial charge in [0, 0.05) is 117 Å². The summed E-state index contributed by atoms with van der Waals surface area (Å²) >= 11 is 3.67. The fraction of sp³-hybridized carbons (Fsp3) is 0. The van der Waals surface area contributed by atoms with Crippen molar-refractivity contribution in [3.8, 4) is 78.7 Å². The molecule has 6 heterocycles. The molecule has 0 amide bonds. The maximum atomic E-state index is 5.65. The lowest BCUT2D eigenvalue weighted by atomic mass is 9.86. The normalized spacial score (nSPS) is 12.6. The van der Waals surface area contributed by atoms with Crippen molar-refractivity contribution in [1.82, 2.24) is 19.9 Å². The van der Waals surface area contributed by atoms with Crippen molar-refractivity contribution < 1.29 is 0 Å². The number of anilines is 6. The number of fused-ring (bicyclic) bond motifs is 17. The van der Waals surface area contributed by atoms with Crippen LogP contribution in [0.1, 0.15) is 0 Å². The topological polar surface area (TPSA) is 58.0 Å². The summed E-state index contributed by atoms with van der Waals surface area (Å²) in [4.78, 5) is 27.1. The zero-order chi connectivity index (χ0) is 67.8. The minimum Gasteiger partial charge on any atom is -0.309 e. The smallest absolute Gasteiger partial charge is 0.161 e. The summed E-state index contributed by atoms with van der Waals surface area (Å²) in [6.07, 6.45) is 0. The molecule has 17 aromatic carbocycles. The predicted molar refractivity (Wildman–Crippen MR) is 440 cm³/mol. The van der Waals surface area contributed by atoms with Gasteiger partial charge in [-0.3, -0.25) is 0 Å². The number of hydrogen-bond donors (Lipinski definition) is 0. The van der Waals surface area contributed by atoms with Crippen molar-refractivity contribution in [3.05, 3.63) is 328 Å². The summed E-state index contributed by atoms with van der Waals surface area (Å²) in [5.41, 5.74) is 21.6. The molecule has 6 nitrogen and oxygen atoms in total. The molecule has 0 radical (unpaired) electrons. The van der Waals surface area contributed by atoms with Crippen molar-refractivity contribution in [1.29, 1.82) is 0 Å². The highest BCUT2D eigenvalue weighted by Crippen LogP contribution is 2.58. The Morgan fingerprint density at radius 1 is 0.231 bits per heavy atom. The Kier molecular flexibility index (Phi) is 12.2. The van der Waals surface area contributed by atoms with Crippen molar-refractivity contribution in [2.45, 2.75) is 0 Å². The SMILES string of the molecule is c1cc(-c2nc(-c3cccc4c3sc3cc(-c5ccc6c7c(cccc57)-c5ccc7ccccc7c5N6c5cc(-c6nc(-c7ccc8c(c7)sc7ccccc78)c7ccccc7n6)c6ccccc6c5)ccc34)c3ccccc3n2)cc(N2c3c(ccc4ccccc34)-c3cccc4cccc2c34)c1. The van der Waals surface area contributed by atoms with Gasteiger partial charge in [-0.1, -0.05) is 261 Å². The summed E-state index contributed by atoms with van der Waals surface area (Å²) in [5.74, 6) is 1.36. The molecule has 8 heteroatoms. The molecular formula is C96H54N6S2. The fourth-order valence-electron chi connectivity index (χ4n) is 17.2. The van der Waals surface area contributed by atoms with Gasteiger partial charge in [0.15, 0.2) is 11.6 Å². The molecule has 0 bridgehead atoms. The Balaban J connectivity index is 0.661. The first-order valence-corrected chi connectivity index (χ1v) is 37.0. The minimum absolute atomic E-state index is 0.679. The summed E-state index contributed by atoms with van der Waals surface area (Å²) < 4.78 is 4.93. The lowest BCUT2D eigenvalue weighted by Gasteiger charge is -2.35. The lowest BCUT2D eigenvalue weighted by molar-refractivity contribution is 1.22. The molecule has 0 aliphatic carbocycles. The molecule has 104 heavy (non-hydrogen) atoms. The highest BCUT2D eigenvalue weighted by atomic mass is 32.1. The zero-order valence-electron chi connectivity index (χ0n) is 55.7. The Labute approximate surface area is 604 Å². The van der Waals surface area contributed by atoms with Crippen molar-refractivity contribution in [3.63, 3.8) is 0 Å². The molecule has 0 atom stereocenters. The summed E-state index contributed by atoms with van der Waals surface area (Å²) in [7, 11) is 0. The maximum absolute atomic E-state index is 5.65. The first-order chi connectivity index (χ1) is 51.5. The highest BCUT2D eigenvalue weighted by Gasteiger charge is 2.32. The van der Waals surface area contributed by atoms with Gasteiger partial charge in [0.2, 0.25) is 0 Å². The molecule has 4 aromatic heterocycles. The third-order valence-electron chi connectivity index (χ3n) is 21.8. The Hall–Kier alpha value is -13.2. The molecule has 0 fully saturated rings. The van der Waals surface area contributed by atoms with Crippen LogP contribution in [0.15, 0.2) is 328 Å². The second kappa shape index (κ2) is 22.1. The van der Waals surface area contributed by atoms with Crippen LogP contribution in [0, 0.1) is 0 Å². The van der Waals surface area contributed by atoms with E-state index in [4.69, 9.17) is 19.9 Å². The first kappa shape index (κ1) is 57.5. The number of aromatic nitrogens is 4. The van der Waals surface area contributed by atoms with Crippen LogP contribution in [-0.2, 0) is 0 Å². The van der Waals surface area contributed by atoms with E-state index in [1.54, 1.807) is 0 Å². The molecule has 2 aliphatic rings. The van der Waals surface area contributed by atoms with E-state index in [1.807, 2.05) is 22.7 Å². The summed E-state index contributed by atoms with van der Waals surface area (Å²) in [6.45, 7) is 0. The zero-order valence-corrected chi connectivity index (χ0v) is 57.3. The third-order valence-corrected chi connectivity index (χ3v) is 24.2. The minimum atomic E-state index is 0.679. The standard InChI is InChI=1S/C96H54N6S2/c1-5-26-66-55(18-1)40-46-74-72-31-14-21-57-22-15-38-83(88(57)72)101(92(66)74)62-24-13-23-61(51-62)95-97-82-37-11-8-30-78(82)91(100-95)79-35-17-34-76-70-44-42-59(52-87(70)104-94(76)79)65-48-49-84-89-71(65)32-16-33-73(89)75-47-41-56-19-2-6-27-67(56)93(75)102(84)63-50-58-20-3-4-25-64(58)80(54-63)96-98-81-36-10-7-29-77(81)90(99-96)60-43-45-69-68-28-9-12-39-85(68)103-86(69)53-60/h1-54H. The molecule has 0 saturated heterocycles. The van der Waals surface area contributed by atoms with Crippen LogP contribution >= 0.6 is 22.7 Å². The number of rotatable bonds is 7. The number of thiophene rings is 2. The molecule has 0 spiro atoms. The first-order valence-electron chi connectivity index (χ1n) is 35.3. The average molecular weight is 1360 g/mol. The van der Waals surface area contributed by atoms with E-state index < -0.39 is 0 Å². The summed E-state index contributed by atoms with van der Waals surface area (Å²) in [5, 5.41) is 18.8. The van der Waals surface area contributed by atoms with E-state index in [0.717, 1.165) is 100 Å². The van der Waals surface area contributed by atoms with Gasteiger partial charge in [0.1, 0.15) is 0 Å². The van der Waals surface area contributed by atoms with E-state index in [0.29, 0.717) is 11.6 Å². The Morgan fingerprint density at radius 3 is 1.54 bits per heavy atom. The number of hydrogen-bond acceptors (Lipinski definition) is 8. The molecule has 23 rings (SSSR count). The van der Waals surface area contributed by atoms with Crippen LogP contribution < -0.4 is 9.80 Å². The molecule has 0 unspecified atom stereocenters. The number of nitrogens with zero attached hydrogens (tertiary/aromatic N) is 6. The quantitative estimate of drug-likeness (QED) is 0.158.